The van der Waals surface area contributed by atoms with Crippen molar-refractivity contribution in [2.24, 2.45) is 29.6 Å². The van der Waals surface area contributed by atoms with E-state index in [0.29, 0.717) is 6.61 Å². The lowest BCUT2D eigenvalue weighted by Crippen LogP contribution is -2.25. The van der Waals surface area contributed by atoms with Gasteiger partial charge in [0.2, 0.25) is 0 Å². The maximum Gasteiger partial charge on any atom is 0.119 e. The second kappa shape index (κ2) is 13.7. The van der Waals surface area contributed by atoms with Crippen LogP contribution in [0.15, 0.2) is 36.4 Å². The molecule has 1 aromatic carbocycles. The molecule has 1 nitrogen and oxygen atoms in total. The quantitative estimate of drug-likeness (QED) is 0.313. The van der Waals surface area contributed by atoms with Gasteiger partial charge in [0, 0.05) is 0 Å². The first-order chi connectivity index (χ1) is 16.7. The maximum atomic E-state index is 6.05. The minimum Gasteiger partial charge on any atom is -0.490 e. The second-order valence-electron chi connectivity index (χ2n) is 12.1. The summed E-state index contributed by atoms with van der Waals surface area (Å²) in [5, 5.41) is 0. The predicted molar refractivity (Wildman–Crippen MR) is 146 cm³/mol. The van der Waals surface area contributed by atoms with E-state index < -0.39 is 0 Å². The average molecular weight is 465 g/mol. The first-order valence-electron chi connectivity index (χ1n) is 15.1. The highest BCUT2D eigenvalue weighted by atomic mass is 16.5. The highest BCUT2D eigenvalue weighted by molar-refractivity contribution is 5.30. The van der Waals surface area contributed by atoms with Gasteiger partial charge in [-0.2, -0.15) is 0 Å². The van der Waals surface area contributed by atoms with Crippen molar-refractivity contribution in [2.45, 2.75) is 122 Å². The number of hydrogen-bond acceptors (Lipinski definition) is 1. The fourth-order valence-corrected chi connectivity index (χ4v) is 7.59. The van der Waals surface area contributed by atoms with Gasteiger partial charge < -0.3 is 4.74 Å². The molecule has 3 fully saturated rings. The molecule has 0 N–H and O–H groups in total. The maximum absolute atomic E-state index is 6.05. The molecule has 34 heavy (non-hydrogen) atoms. The molecule has 0 radical (unpaired) electrons. The minimum atomic E-state index is 0.711. The summed E-state index contributed by atoms with van der Waals surface area (Å²) in [5.74, 6) is 6.65. The van der Waals surface area contributed by atoms with Crippen LogP contribution >= 0.6 is 0 Å². The molecule has 0 saturated heterocycles. The molecule has 0 aromatic heterocycles. The summed E-state index contributed by atoms with van der Waals surface area (Å²) in [5.41, 5.74) is 1.52. The third kappa shape index (κ3) is 7.63. The van der Waals surface area contributed by atoms with Crippen LogP contribution in [-0.4, -0.2) is 6.61 Å². The van der Waals surface area contributed by atoms with Crippen molar-refractivity contribution in [3.8, 4) is 5.75 Å². The molecule has 4 rings (SSSR count). The number of hydrogen-bond donors (Lipinski definition) is 0. The fourth-order valence-electron chi connectivity index (χ4n) is 7.59. The Hall–Kier alpha value is -1.24. The number of benzene rings is 1. The predicted octanol–water partition coefficient (Wildman–Crippen LogP) is 10.1. The van der Waals surface area contributed by atoms with Gasteiger partial charge in [0.1, 0.15) is 12.4 Å². The summed E-state index contributed by atoms with van der Waals surface area (Å²) in [6.07, 6.45) is 27.7. The minimum absolute atomic E-state index is 0.711. The summed E-state index contributed by atoms with van der Waals surface area (Å²) >= 11 is 0. The molecule has 3 aliphatic rings. The van der Waals surface area contributed by atoms with E-state index >= 15 is 0 Å². The monoisotopic (exact) mass is 464 g/mol. The van der Waals surface area contributed by atoms with Gasteiger partial charge in [0.15, 0.2) is 0 Å². The van der Waals surface area contributed by atoms with Crippen molar-refractivity contribution < 1.29 is 4.74 Å². The highest BCUT2D eigenvalue weighted by Gasteiger charge is 2.30. The van der Waals surface area contributed by atoms with Crippen LogP contribution in [0, 0.1) is 29.6 Å². The van der Waals surface area contributed by atoms with Crippen molar-refractivity contribution in [3.05, 3.63) is 42.0 Å². The molecule has 3 saturated carbocycles. The third-order valence-corrected chi connectivity index (χ3v) is 9.72. The Labute approximate surface area is 211 Å². The lowest BCUT2D eigenvalue weighted by molar-refractivity contribution is 0.152. The van der Waals surface area contributed by atoms with Crippen molar-refractivity contribution in [1.29, 1.82) is 0 Å². The normalized spacial score (nSPS) is 32.6. The lowest BCUT2D eigenvalue weighted by Gasteiger charge is -2.37. The van der Waals surface area contributed by atoms with Crippen LogP contribution < -0.4 is 4.74 Å². The van der Waals surface area contributed by atoms with Crippen molar-refractivity contribution >= 4 is 0 Å². The molecule has 0 aliphatic heterocycles. The molecule has 3 aliphatic carbocycles. The zero-order valence-corrected chi connectivity index (χ0v) is 22.4. The van der Waals surface area contributed by atoms with E-state index in [0.717, 1.165) is 41.3 Å². The Bertz CT molecular complexity index is 695. The average Bonchev–Trinajstić information content (AvgIpc) is 2.89. The molecule has 0 bridgehead atoms. The lowest BCUT2D eigenvalue weighted by atomic mass is 9.69. The van der Waals surface area contributed by atoms with Crippen LogP contribution in [0.3, 0.4) is 0 Å². The number of allylic oxidation sites excluding steroid dienone is 1. The van der Waals surface area contributed by atoms with Gasteiger partial charge in [0.05, 0.1) is 0 Å². The Morgan fingerprint density at radius 3 is 1.76 bits per heavy atom. The van der Waals surface area contributed by atoms with Crippen molar-refractivity contribution in [2.75, 3.05) is 6.61 Å². The zero-order valence-electron chi connectivity index (χ0n) is 22.4. The Balaban J connectivity index is 1.11. The van der Waals surface area contributed by atoms with E-state index in [1.807, 2.05) is 0 Å². The summed E-state index contributed by atoms with van der Waals surface area (Å²) in [6.45, 7) is 5.38. The standard InChI is InChI=1S/C33H52O/c1-3-6-26-9-15-29(16-10-26)30-19-13-28(14-20-30)8-5-25-34-33-23-21-32(22-24-33)31-17-11-27(7-4-2)12-18-31/h5,8,21-24,26-31H,3-4,6-7,9-20,25H2,1-2H3/b8-5+. The van der Waals surface area contributed by atoms with Crippen LogP contribution in [0.25, 0.3) is 0 Å². The molecular formula is C33H52O. The molecule has 0 unspecified atom stereocenters. The Kier molecular flexibility index (Phi) is 10.4. The Morgan fingerprint density at radius 2 is 1.21 bits per heavy atom. The van der Waals surface area contributed by atoms with E-state index in [9.17, 15) is 0 Å². The first kappa shape index (κ1) is 25.8. The van der Waals surface area contributed by atoms with Crippen molar-refractivity contribution in [3.63, 3.8) is 0 Å². The third-order valence-electron chi connectivity index (χ3n) is 9.72. The van der Waals surface area contributed by atoms with Crippen LogP contribution in [0.5, 0.6) is 5.75 Å². The molecule has 0 heterocycles. The largest absolute Gasteiger partial charge is 0.490 e. The van der Waals surface area contributed by atoms with Gasteiger partial charge in [-0.05, 0) is 117 Å². The zero-order chi connectivity index (χ0) is 23.6. The molecule has 0 spiro atoms. The first-order valence-corrected chi connectivity index (χ1v) is 15.1. The summed E-state index contributed by atoms with van der Waals surface area (Å²) < 4.78 is 6.05. The van der Waals surface area contributed by atoms with Gasteiger partial charge in [-0.3, -0.25) is 0 Å². The Morgan fingerprint density at radius 1 is 0.676 bits per heavy atom. The van der Waals surface area contributed by atoms with Crippen LogP contribution in [0.2, 0.25) is 0 Å². The van der Waals surface area contributed by atoms with E-state index in [1.165, 1.54) is 108 Å². The van der Waals surface area contributed by atoms with E-state index in [4.69, 9.17) is 4.74 Å². The van der Waals surface area contributed by atoms with E-state index in [1.54, 1.807) is 0 Å². The topological polar surface area (TPSA) is 9.23 Å². The van der Waals surface area contributed by atoms with Gasteiger partial charge in [-0.25, -0.2) is 0 Å². The highest BCUT2D eigenvalue weighted by Crippen LogP contribution is 2.42. The smallest absolute Gasteiger partial charge is 0.119 e. The van der Waals surface area contributed by atoms with Crippen LogP contribution in [0.4, 0.5) is 0 Å². The molecular weight excluding hydrogens is 412 g/mol. The van der Waals surface area contributed by atoms with E-state index in [2.05, 4.69) is 50.3 Å². The molecule has 0 amide bonds. The van der Waals surface area contributed by atoms with Gasteiger partial charge in [-0.1, -0.05) is 76.7 Å². The van der Waals surface area contributed by atoms with Crippen molar-refractivity contribution in [1.82, 2.24) is 0 Å². The summed E-state index contributed by atoms with van der Waals surface area (Å²) in [4.78, 5) is 0. The van der Waals surface area contributed by atoms with Crippen LogP contribution in [-0.2, 0) is 0 Å². The van der Waals surface area contributed by atoms with Gasteiger partial charge in [-0.15, -0.1) is 0 Å². The fraction of sp³-hybridized carbons (Fsp3) is 0.758. The second-order valence-corrected chi connectivity index (χ2v) is 12.1. The van der Waals surface area contributed by atoms with Gasteiger partial charge in [0.25, 0.3) is 0 Å². The molecule has 0 atom stereocenters. The molecule has 1 aromatic rings. The molecule has 1 heteroatoms. The van der Waals surface area contributed by atoms with Crippen LogP contribution in [0.1, 0.15) is 128 Å². The number of rotatable bonds is 10. The van der Waals surface area contributed by atoms with E-state index in [-0.39, 0.29) is 0 Å². The summed E-state index contributed by atoms with van der Waals surface area (Å²) in [6, 6.07) is 9.03. The van der Waals surface area contributed by atoms with Gasteiger partial charge >= 0.3 is 0 Å². The summed E-state index contributed by atoms with van der Waals surface area (Å²) in [7, 11) is 0. The number of ether oxygens (including phenoxy) is 1. The SMILES string of the molecule is CCCC1CCC(c2ccc(OC/C=C/C3CCC(C4CCC(CCC)CC4)CC3)cc2)CC1. The molecule has 190 valence electrons.